The SMILES string of the molecule is S=c1[nH]c(=S)c2c(nc3n2CCS3)[nH]1. The molecule has 3 heterocycles. The van der Waals surface area contributed by atoms with Gasteiger partial charge in [-0.1, -0.05) is 24.0 Å². The molecule has 4 nitrogen and oxygen atoms in total. The van der Waals surface area contributed by atoms with Gasteiger partial charge in [0.15, 0.2) is 15.6 Å². The van der Waals surface area contributed by atoms with Crippen molar-refractivity contribution in [1.82, 2.24) is 19.5 Å². The summed E-state index contributed by atoms with van der Waals surface area (Å²) >= 11 is 12.0. The fourth-order valence-electron chi connectivity index (χ4n) is 1.60. The summed E-state index contributed by atoms with van der Waals surface area (Å²) in [6.45, 7) is 0.971. The first-order valence-corrected chi connectivity index (χ1v) is 5.91. The van der Waals surface area contributed by atoms with E-state index in [9.17, 15) is 0 Å². The number of H-pyrrole nitrogens is 2. The van der Waals surface area contributed by atoms with Crippen LogP contribution in [-0.4, -0.2) is 25.3 Å². The molecule has 3 rings (SSSR count). The Morgan fingerprint density at radius 1 is 1.36 bits per heavy atom. The molecular formula is C7H6N4S3. The van der Waals surface area contributed by atoms with Gasteiger partial charge in [-0.2, -0.15) is 0 Å². The van der Waals surface area contributed by atoms with Gasteiger partial charge in [0.2, 0.25) is 0 Å². The van der Waals surface area contributed by atoms with Gasteiger partial charge in [0, 0.05) is 12.3 Å². The van der Waals surface area contributed by atoms with Gasteiger partial charge in [-0.05, 0) is 12.2 Å². The lowest BCUT2D eigenvalue weighted by Gasteiger charge is -1.96. The van der Waals surface area contributed by atoms with E-state index in [1.165, 1.54) is 0 Å². The molecule has 7 heteroatoms. The van der Waals surface area contributed by atoms with Gasteiger partial charge in [0.05, 0.1) is 0 Å². The Bertz CT molecular complexity index is 620. The number of aromatic amines is 2. The zero-order valence-corrected chi connectivity index (χ0v) is 9.48. The van der Waals surface area contributed by atoms with Gasteiger partial charge in [0.25, 0.3) is 0 Å². The van der Waals surface area contributed by atoms with E-state index in [4.69, 9.17) is 24.4 Å². The van der Waals surface area contributed by atoms with Crippen molar-refractivity contribution in [3.63, 3.8) is 0 Å². The summed E-state index contributed by atoms with van der Waals surface area (Å²) in [4.78, 5) is 10.4. The summed E-state index contributed by atoms with van der Waals surface area (Å²) in [7, 11) is 0. The van der Waals surface area contributed by atoms with Crippen molar-refractivity contribution >= 4 is 47.4 Å². The van der Waals surface area contributed by atoms with E-state index in [0.29, 0.717) is 9.41 Å². The number of hydrogen-bond acceptors (Lipinski definition) is 4. The van der Waals surface area contributed by atoms with Crippen LogP contribution in [0.4, 0.5) is 0 Å². The topological polar surface area (TPSA) is 49.4 Å². The highest BCUT2D eigenvalue weighted by Crippen LogP contribution is 2.28. The molecule has 2 aromatic heterocycles. The lowest BCUT2D eigenvalue weighted by atomic mass is 10.5. The number of nitrogens with zero attached hydrogens (tertiary/aromatic N) is 2. The fourth-order valence-corrected chi connectivity index (χ4v) is 3.12. The van der Waals surface area contributed by atoms with Crippen LogP contribution in [0.15, 0.2) is 5.16 Å². The predicted octanol–water partition coefficient (Wildman–Crippen LogP) is 2.26. The largest absolute Gasteiger partial charge is 0.322 e. The van der Waals surface area contributed by atoms with E-state index >= 15 is 0 Å². The van der Waals surface area contributed by atoms with E-state index in [1.54, 1.807) is 11.8 Å². The van der Waals surface area contributed by atoms with Crippen molar-refractivity contribution in [3.05, 3.63) is 9.41 Å². The van der Waals surface area contributed by atoms with Crippen LogP contribution >= 0.6 is 36.2 Å². The fraction of sp³-hybridized carbons (Fsp3) is 0.286. The lowest BCUT2D eigenvalue weighted by Crippen LogP contribution is -1.95. The van der Waals surface area contributed by atoms with Crippen molar-refractivity contribution in [2.45, 2.75) is 11.7 Å². The van der Waals surface area contributed by atoms with Gasteiger partial charge in [-0.3, -0.25) is 0 Å². The van der Waals surface area contributed by atoms with Gasteiger partial charge in [-0.25, -0.2) is 4.98 Å². The first-order chi connectivity index (χ1) is 6.75. The first kappa shape index (κ1) is 8.63. The molecule has 0 saturated heterocycles. The number of imidazole rings is 1. The highest BCUT2D eigenvalue weighted by atomic mass is 32.2. The van der Waals surface area contributed by atoms with Crippen LogP contribution in [0.2, 0.25) is 0 Å². The summed E-state index contributed by atoms with van der Waals surface area (Å²) in [6, 6.07) is 0. The molecule has 0 amide bonds. The molecule has 0 atom stereocenters. The Morgan fingerprint density at radius 3 is 3.07 bits per heavy atom. The maximum absolute atomic E-state index is 5.22. The summed E-state index contributed by atoms with van der Waals surface area (Å²) in [5.74, 6) is 1.07. The van der Waals surface area contributed by atoms with Crippen LogP contribution in [0.1, 0.15) is 0 Å². The summed E-state index contributed by atoms with van der Waals surface area (Å²) in [5, 5.41) is 1.02. The maximum Gasteiger partial charge on any atom is 0.177 e. The minimum atomic E-state index is 0.532. The van der Waals surface area contributed by atoms with E-state index in [2.05, 4.69) is 19.5 Å². The smallest absolute Gasteiger partial charge is 0.177 e. The van der Waals surface area contributed by atoms with Gasteiger partial charge < -0.3 is 14.5 Å². The molecule has 0 spiro atoms. The second-order valence-corrected chi connectivity index (χ2v) is 4.88. The summed E-state index contributed by atoms with van der Waals surface area (Å²) < 4.78 is 3.33. The number of hydrogen-bond donors (Lipinski definition) is 2. The maximum atomic E-state index is 5.22. The second-order valence-electron chi connectivity index (χ2n) is 3.00. The zero-order chi connectivity index (χ0) is 9.71. The van der Waals surface area contributed by atoms with Crippen LogP contribution in [0.3, 0.4) is 0 Å². The Balaban J connectivity index is 2.56. The van der Waals surface area contributed by atoms with Gasteiger partial charge >= 0.3 is 0 Å². The number of aryl methyl sites for hydroxylation is 1. The van der Waals surface area contributed by atoms with Crippen molar-refractivity contribution in [2.24, 2.45) is 0 Å². The van der Waals surface area contributed by atoms with E-state index in [-0.39, 0.29) is 0 Å². The summed E-state index contributed by atoms with van der Waals surface area (Å²) in [6.07, 6.45) is 0. The minimum absolute atomic E-state index is 0.532. The molecule has 72 valence electrons. The molecule has 2 N–H and O–H groups in total. The Morgan fingerprint density at radius 2 is 2.21 bits per heavy atom. The molecule has 2 aromatic rings. The molecule has 14 heavy (non-hydrogen) atoms. The second kappa shape index (κ2) is 2.91. The lowest BCUT2D eigenvalue weighted by molar-refractivity contribution is 0.741. The van der Waals surface area contributed by atoms with Crippen LogP contribution in [-0.2, 0) is 6.54 Å². The normalized spacial score (nSPS) is 14.9. The predicted molar refractivity (Wildman–Crippen MR) is 60.8 cm³/mol. The number of rotatable bonds is 0. The number of thioether (sulfide) groups is 1. The number of fused-ring (bicyclic) bond motifs is 3. The molecule has 1 aliphatic heterocycles. The highest BCUT2D eigenvalue weighted by Gasteiger charge is 2.17. The Kier molecular flexibility index (Phi) is 1.80. The monoisotopic (exact) mass is 242 g/mol. The molecular weight excluding hydrogens is 236 g/mol. The van der Waals surface area contributed by atoms with E-state index < -0.39 is 0 Å². The molecule has 0 aliphatic carbocycles. The van der Waals surface area contributed by atoms with Crippen LogP contribution in [0.5, 0.6) is 0 Å². The Labute approximate surface area is 93.8 Å². The van der Waals surface area contributed by atoms with Crippen molar-refractivity contribution in [1.29, 1.82) is 0 Å². The number of aromatic nitrogens is 4. The minimum Gasteiger partial charge on any atom is -0.322 e. The van der Waals surface area contributed by atoms with Crippen molar-refractivity contribution < 1.29 is 0 Å². The molecule has 1 aliphatic rings. The van der Waals surface area contributed by atoms with Crippen molar-refractivity contribution in [3.8, 4) is 0 Å². The zero-order valence-electron chi connectivity index (χ0n) is 7.03. The Hall–Kier alpha value is -0.660. The standard InChI is InChI=1S/C7H6N4S3/c12-5-3-4(8-6(13)10-5)9-7-11(3)1-2-14-7/h1-2H2,(H2,8,10,12,13). The third-order valence-electron chi connectivity index (χ3n) is 2.15. The quantitative estimate of drug-likeness (QED) is 0.696. The van der Waals surface area contributed by atoms with Crippen molar-refractivity contribution in [2.75, 3.05) is 5.75 Å². The molecule has 0 saturated carbocycles. The average molecular weight is 242 g/mol. The van der Waals surface area contributed by atoms with Gasteiger partial charge in [0.1, 0.15) is 10.2 Å². The van der Waals surface area contributed by atoms with Crippen LogP contribution < -0.4 is 0 Å². The molecule has 0 unspecified atom stereocenters. The third-order valence-corrected chi connectivity index (χ3v) is 3.61. The first-order valence-electron chi connectivity index (χ1n) is 4.11. The summed E-state index contributed by atoms with van der Waals surface area (Å²) in [5.41, 5.74) is 1.76. The average Bonchev–Trinajstić information content (AvgIpc) is 2.60. The van der Waals surface area contributed by atoms with Crippen LogP contribution in [0.25, 0.3) is 11.2 Å². The molecule has 0 aromatic carbocycles. The van der Waals surface area contributed by atoms with Crippen LogP contribution in [0, 0.1) is 9.41 Å². The van der Waals surface area contributed by atoms with Gasteiger partial charge in [-0.15, -0.1) is 0 Å². The molecule has 0 bridgehead atoms. The van der Waals surface area contributed by atoms with E-state index in [1.807, 2.05) is 0 Å². The highest BCUT2D eigenvalue weighted by molar-refractivity contribution is 7.99. The molecule has 0 radical (unpaired) electrons. The molecule has 0 fully saturated rings. The number of nitrogens with one attached hydrogen (secondary N) is 2. The van der Waals surface area contributed by atoms with E-state index in [0.717, 1.165) is 28.6 Å². The third kappa shape index (κ3) is 1.09.